The molecule has 6 nitrogen and oxygen atoms in total. The summed E-state index contributed by atoms with van der Waals surface area (Å²) in [5, 5.41) is 18.0. The summed E-state index contributed by atoms with van der Waals surface area (Å²) in [5.41, 5.74) is 2.22. The van der Waals surface area contributed by atoms with E-state index in [0.717, 1.165) is 18.4 Å². The van der Waals surface area contributed by atoms with Gasteiger partial charge in [-0.1, -0.05) is 30.3 Å². The van der Waals surface area contributed by atoms with Crippen LogP contribution in [-0.4, -0.2) is 49.2 Å². The van der Waals surface area contributed by atoms with Crippen LogP contribution in [0, 0.1) is 0 Å². The first-order chi connectivity index (χ1) is 12.2. The molecule has 1 aliphatic heterocycles. The van der Waals surface area contributed by atoms with E-state index in [1.54, 1.807) is 23.2 Å². The van der Waals surface area contributed by atoms with Crippen molar-refractivity contribution in [2.24, 2.45) is 0 Å². The van der Waals surface area contributed by atoms with Gasteiger partial charge in [-0.3, -0.25) is 9.20 Å². The smallest absolute Gasteiger partial charge is 0.255 e. The van der Waals surface area contributed by atoms with E-state index in [4.69, 9.17) is 0 Å². The van der Waals surface area contributed by atoms with Crippen molar-refractivity contribution in [1.29, 1.82) is 0 Å². The predicted molar refractivity (Wildman–Crippen MR) is 94.2 cm³/mol. The number of amides is 1. The Morgan fingerprint density at radius 3 is 2.72 bits per heavy atom. The highest BCUT2D eigenvalue weighted by Crippen LogP contribution is 2.26. The normalized spacial score (nSPS) is 20.3. The SMILES string of the molecule is C[C@@H]1CC[C@H](CO)N1C(=O)c1ccc2nnc(-c3ccccc3)n2c1. The molecule has 2 atom stereocenters. The van der Waals surface area contributed by atoms with Crippen molar-refractivity contribution in [1.82, 2.24) is 19.5 Å². The van der Waals surface area contributed by atoms with Crippen molar-refractivity contribution in [2.45, 2.75) is 31.8 Å². The molecule has 2 aromatic heterocycles. The molecule has 1 amide bonds. The summed E-state index contributed by atoms with van der Waals surface area (Å²) >= 11 is 0. The number of pyridine rings is 1. The van der Waals surface area contributed by atoms with Gasteiger partial charge in [-0.15, -0.1) is 10.2 Å². The van der Waals surface area contributed by atoms with Gasteiger partial charge >= 0.3 is 0 Å². The summed E-state index contributed by atoms with van der Waals surface area (Å²) in [7, 11) is 0. The summed E-state index contributed by atoms with van der Waals surface area (Å²) in [6.07, 6.45) is 3.55. The lowest BCUT2D eigenvalue weighted by Crippen LogP contribution is -2.41. The summed E-state index contributed by atoms with van der Waals surface area (Å²) in [4.78, 5) is 14.8. The molecule has 1 fully saturated rings. The van der Waals surface area contributed by atoms with Crippen LogP contribution in [0.25, 0.3) is 17.0 Å². The average molecular weight is 336 g/mol. The number of fused-ring (bicyclic) bond motifs is 1. The van der Waals surface area contributed by atoms with E-state index < -0.39 is 0 Å². The van der Waals surface area contributed by atoms with E-state index >= 15 is 0 Å². The van der Waals surface area contributed by atoms with E-state index in [1.807, 2.05) is 41.7 Å². The quantitative estimate of drug-likeness (QED) is 0.797. The highest BCUT2D eigenvalue weighted by Gasteiger charge is 2.34. The zero-order valence-electron chi connectivity index (χ0n) is 14.0. The Hall–Kier alpha value is -2.73. The molecule has 1 aromatic carbocycles. The molecule has 0 unspecified atom stereocenters. The van der Waals surface area contributed by atoms with Crippen LogP contribution < -0.4 is 0 Å². The van der Waals surface area contributed by atoms with Crippen molar-refractivity contribution in [2.75, 3.05) is 6.61 Å². The Labute approximate surface area is 145 Å². The van der Waals surface area contributed by atoms with Gasteiger partial charge < -0.3 is 10.0 Å². The molecule has 1 N–H and O–H groups in total. The molecule has 0 spiro atoms. The third kappa shape index (κ3) is 2.68. The Balaban J connectivity index is 1.75. The number of hydrogen-bond acceptors (Lipinski definition) is 4. The summed E-state index contributed by atoms with van der Waals surface area (Å²) < 4.78 is 1.84. The predicted octanol–water partition coefficient (Wildman–Crippen LogP) is 2.38. The van der Waals surface area contributed by atoms with Crippen molar-refractivity contribution < 1.29 is 9.90 Å². The van der Waals surface area contributed by atoms with Crippen molar-refractivity contribution >= 4 is 11.6 Å². The van der Waals surface area contributed by atoms with E-state index in [1.165, 1.54) is 0 Å². The first-order valence-electron chi connectivity index (χ1n) is 8.53. The maximum Gasteiger partial charge on any atom is 0.255 e. The first kappa shape index (κ1) is 15.8. The fourth-order valence-corrected chi connectivity index (χ4v) is 3.57. The second-order valence-electron chi connectivity index (χ2n) is 6.51. The first-order valence-corrected chi connectivity index (χ1v) is 8.53. The minimum atomic E-state index is -0.104. The van der Waals surface area contributed by atoms with Gasteiger partial charge in [0.15, 0.2) is 11.5 Å². The summed E-state index contributed by atoms with van der Waals surface area (Å²) in [5.74, 6) is 0.650. The third-order valence-electron chi connectivity index (χ3n) is 4.91. The van der Waals surface area contributed by atoms with Gasteiger partial charge in [-0.2, -0.15) is 0 Å². The lowest BCUT2D eigenvalue weighted by Gasteiger charge is -2.27. The van der Waals surface area contributed by atoms with Crippen LogP contribution in [0.1, 0.15) is 30.1 Å². The van der Waals surface area contributed by atoms with Gasteiger partial charge in [0.2, 0.25) is 0 Å². The lowest BCUT2D eigenvalue weighted by atomic mass is 10.2. The molecular weight excluding hydrogens is 316 g/mol. The average Bonchev–Trinajstić information content (AvgIpc) is 3.24. The van der Waals surface area contributed by atoms with Crippen LogP contribution in [0.3, 0.4) is 0 Å². The van der Waals surface area contributed by atoms with Gasteiger partial charge in [0.25, 0.3) is 5.91 Å². The van der Waals surface area contributed by atoms with Crippen molar-refractivity contribution in [3.63, 3.8) is 0 Å². The number of aromatic nitrogens is 3. The molecule has 6 heteroatoms. The molecular formula is C19H20N4O2. The highest BCUT2D eigenvalue weighted by molar-refractivity contribution is 5.95. The molecule has 0 bridgehead atoms. The summed E-state index contributed by atoms with van der Waals surface area (Å²) in [6.45, 7) is 2.03. The number of nitrogens with zero attached hydrogens (tertiary/aromatic N) is 4. The number of carbonyl (C=O) groups excluding carboxylic acids is 1. The van der Waals surface area contributed by atoms with E-state index in [9.17, 15) is 9.90 Å². The largest absolute Gasteiger partial charge is 0.394 e. The highest BCUT2D eigenvalue weighted by atomic mass is 16.3. The number of likely N-dealkylation sites (tertiary alicyclic amines) is 1. The molecule has 3 heterocycles. The number of benzene rings is 1. The third-order valence-corrected chi connectivity index (χ3v) is 4.91. The van der Waals surface area contributed by atoms with Gasteiger partial charge in [0.1, 0.15) is 0 Å². The topological polar surface area (TPSA) is 70.7 Å². The lowest BCUT2D eigenvalue weighted by molar-refractivity contribution is 0.0611. The minimum absolute atomic E-state index is 0.000219. The number of carbonyl (C=O) groups is 1. The van der Waals surface area contributed by atoms with E-state index in [-0.39, 0.29) is 24.6 Å². The Bertz CT molecular complexity index is 906. The molecule has 0 radical (unpaired) electrons. The van der Waals surface area contributed by atoms with Crippen LogP contribution in [0.15, 0.2) is 48.7 Å². The monoisotopic (exact) mass is 336 g/mol. The zero-order valence-corrected chi connectivity index (χ0v) is 14.0. The molecule has 3 aromatic rings. The maximum atomic E-state index is 13.0. The number of rotatable bonds is 3. The summed E-state index contributed by atoms with van der Waals surface area (Å²) in [6, 6.07) is 13.4. The maximum absolute atomic E-state index is 13.0. The second-order valence-corrected chi connectivity index (χ2v) is 6.51. The van der Waals surface area contributed by atoms with Gasteiger partial charge in [0.05, 0.1) is 18.2 Å². The standard InChI is InChI=1S/C19H20N4O2/c1-13-7-9-16(12-24)23(13)19(25)15-8-10-17-20-21-18(22(17)11-15)14-5-3-2-4-6-14/h2-6,8,10-11,13,16,24H,7,9,12H2,1H3/t13-,16-/m1/s1. The number of aliphatic hydroxyl groups is 1. The Morgan fingerprint density at radius 2 is 1.96 bits per heavy atom. The molecule has 128 valence electrons. The van der Waals surface area contributed by atoms with Crippen molar-refractivity contribution in [3.8, 4) is 11.4 Å². The molecule has 1 aliphatic rings. The van der Waals surface area contributed by atoms with E-state index in [2.05, 4.69) is 10.2 Å². The molecule has 0 aliphatic carbocycles. The van der Waals surface area contributed by atoms with Crippen LogP contribution in [0.5, 0.6) is 0 Å². The van der Waals surface area contributed by atoms with Crippen molar-refractivity contribution in [3.05, 3.63) is 54.2 Å². The number of hydrogen-bond donors (Lipinski definition) is 1. The fraction of sp³-hybridized carbons (Fsp3) is 0.316. The Kier molecular flexibility index (Phi) is 3.97. The van der Waals surface area contributed by atoms with Crippen LogP contribution in [0.2, 0.25) is 0 Å². The van der Waals surface area contributed by atoms with Crippen LogP contribution in [-0.2, 0) is 0 Å². The fourth-order valence-electron chi connectivity index (χ4n) is 3.57. The van der Waals surface area contributed by atoms with Gasteiger partial charge in [0, 0.05) is 17.8 Å². The van der Waals surface area contributed by atoms with Crippen LogP contribution >= 0.6 is 0 Å². The Morgan fingerprint density at radius 1 is 1.16 bits per heavy atom. The van der Waals surface area contributed by atoms with Gasteiger partial charge in [-0.05, 0) is 31.9 Å². The molecule has 25 heavy (non-hydrogen) atoms. The molecule has 0 saturated carbocycles. The second kappa shape index (κ2) is 6.29. The minimum Gasteiger partial charge on any atom is -0.394 e. The van der Waals surface area contributed by atoms with Gasteiger partial charge in [-0.25, -0.2) is 0 Å². The molecule has 1 saturated heterocycles. The number of aliphatic hydroxyl groups excluding tert-OH is 1. The molecule has 4 rings (SSSR count). The van der Waals surface area contributed by atoms with Crippen LogP contribution in [0.4, 0.5) is 0 Å². The zero-order chi connectivity index (χ0) is 17.4. The van der Waals surface area contributed by atoms with E-state index in [0.29, 0.717) is 17.0 Å².